The number of phenolic OH excluding ortho intramolecular Hbond substituents is 1. The first-order chi connectivity index (χ1) is 9.19. The Morgan fingerprint density at radius 1 is 1.16 bits per heavy atom. The Kier molecular flexibility index (Phi) is 5.00. The minimum Gasteiger partial charge on any atom is -0.508 e. The van der Waals surface area contributed by atoms with Crippen molar-refractivity contribution in [2.75, 3.05) is 13.6 Å². The third-order valence-electron chi connectivity index (χ3n) is 3.18. The average Bonchev–Trinajstić information content (AvgIpc) is 2.39. The zero-order chi connectivity index (χ0) is 13.7. The molecule has 0 radical (unpaired) electrons. The molecule has 0 aromatic heterocycles. The van der Waals surface area contributed by atoms with Crippen LogP contribution in [0.3, 0.4) is 0 Å². The van der Waals surface area contributed by atoms with Gasteiger partial charge in [-0.2, -0.15) is 0 Å². The molecule has 0 aliphatic carbocycles. The smallest absolute Gasteiger partial charge is 0.115 e. The lowest BCUT2D eigenvalue weighted by molar-refractivity contribution is 0.474. The number of benzene rings is 2. The number of rotatable bonds is 5. The summed E-state index contributed by atoms with van der Waals surface area (Å²) in [5, 5.41) is 12.8. The van der Waals surface area contributed by atoms with E-state index in [1.165, 1.54) is 5.56 Å². The van der Waals surface area contributed by atoms with E-state index in [4.69, 9.17) is 0 Å². The minimum atomic E-state index is 0.330. The van der Waals surface area contributed by atoms with Crippen LogP contribution in [-0.4, -0.2) is 18.7 Å². The SMILES string of the molecule is CNCC(Cc1cccc(O)c1)c1ccc(Br)cc1. The molecule has 2 aromatic carbocycles. The standard InChI is InChI=1S/C16H18BrNO/c1-18-11-14(13-5-7-15(17)8-6-13)9-12-3-2-4-16(19)10-12/h2-8,10,14,18-19H,9,11H2,1H3. The molecule has 0 amide bonds. The molecule has 3 heteroatoms. The highest BCUT2D eigenvalue weighted by molar-refractivity contribution is 9.10. The number of nitrogens with one attached hydrogen (secondary N) is 1. The van der Waals surface area contributed by atoms with Gasteiger partial charge in [0.05, 0.1) is 0 Å². The summed E-state index contributed by atoms with van der Waals surface area (Å²) in [6.45, 7) is 0.914. The van der Waals surface area contributed by atoms with Crippen molar-refractivity contribution in [2.24, 2.45) is 0 Å². The fraction of sp³-hybridized carbons (Fsp3) is 0.250. The van der Waals surface area contributed by atoms with E-state index in [-0.39, 0.29) is 0 Å². The molecule has 0 aliphatic rings. The van der Waals surface area contributed by atoms with Gasteiger partial charge in [0, 0.05) is 16.9 Å². The molecule has 0 aliphatic heterocycles. The van der Waals surface area contributed by atoms with E-state index in [2.05, 4.69) is 51.6 Å². The zero-order valence-electron chi connectivity index (χ0n) is 10.9. The number of aromatic hydroxyl groups is 1. The molecule has 2 rings (SSSR count). The predicted molar refractivity (Wildman–Crippen MR) is 82.6 cm³/mol. The van der Waals surface area contributed by atoms with Crippen molar-refractivity contribution in [3.8, 4) is 5.75 Å². The van der Waals surface area contributed by atoms with E-state index in [0.29, 0.717) is 11.7 Å². The van der Waals surface area contributed by atoms with Crippen LogP contribution in [0.25, 0.3) is 0 Å². The Morgan fingerprint density at radius 2 is 1.89 bits per heavy atom. The summed E-state index contributed by atoms with van der Waals surface area (Å²) in [6, 6.07) is 15.9. The van der Waals surface area contributed by atoms with Gasteiger partial charge < -0.3 is 10.4 Å². The van der Waals surface area contributed by atoms with Crippen molar-refractivity contribution in [3.63, 3.8) is 0 Å². The van der Waals surface area contributed by atoms with Gasteiger partial charge in [-0.25, -0.2) is 0 Å². The number of hydrogen-bond acceptors (Lipinski definition) is 2. The lowest BCUT2D eigenvalue weighted by Gasteiger charge is -2.17. The van der Waals surface area contributed by atoms with E-state index in [1.807, 2.05) is 19.2 Å². The van der Waals surface area contributed by atoms with Crippen LogP contribution < -0.4 is 5.32 Å². The van der Waals surface area contributed by atoms with Crippen LogP contribution >= 0.6 is 15.9 Å². The van der Waals surface area contributed by atoms with Crippen LogP contribution in [-0.2, 0) is 6.42 Å². The maximum atomic E-state index is 9.54. The van der Waals surface area contributed by atoms with E-state index in [0.717, 1.165) is 23.0 Å². The number of phenols is 1. The Balaban J connectivity index is 2.18. The van der Waals surface area contributed by atoms with Crippen molar-refractivity contribution in [3.05, 3.63) is 64.1 Å². The maximum absolute atomic E-state index is 9.54. The number of likely N-dealkylation sites (N-methyl/N-ethyl adjacent to an activating group) is 1. The normalized spacial score (nSPS) is 12.3. The van der Waals surface area contributed by atoms with Crippen molar-refractivity contribution in [1.82, 2.24) is 5.32 Å². The molecule has 1 unspecified atom stereocenters. The van der Waals surface area contributed by atoms with Crippen LogP contribution in [0.5, 0.6) is 5.75 Å². The minimum absolute atomic E-state index is 0.330. The first kappa shape index (κ1) is 14.1. The van der Waals surface area contributed by atoms with Gasteiger partial charge in [-0.3, -0.25) is 0 Å². The highest BCUT2D eigenvalue weighted by Crippen LogP contribution is 2.23. The Hall–Kier alpha value is -1.32. The Labute approximate surface area is 122 Å². The van der Waals surface area contributed by atoms with E-state index in [9.17, 15) is 5.11 Å². The molecule has 1 atom stereocenters. The molecule has 0 saturated heterocycles. The third-order valence-corrected chi connectivity index (χ3v) is 3.71. The lowest BCUT2D eigenvalue weighted by atomic mass is 9.92. The second-order valence-electron chi connectivity index (χ2n) is 4.68. The van der Waals surface area contributed by atoms with Gasteiger partial charge in [0.1, 0.15) is 5.75 Å². The summed E-state index contributed by atoms with van der Waals surface area (Å²) in [4.78, 5) is 0. The molecule has 0 saturated carbocycles. The van der Waals surface area contributed by atoms with Crippen LogP contribution in [0.2, 0.25) is 0 Å². The van der Waals surface area contributed by atoms with Gasteiger partial charge in [-0.15, -0.1) is 0 Å². The van der Waals surface area contributed by atoms with Gasteiger partial charge in [0.2, 0.25) is 0 Å². The third kappa shape index (κ3) is 4.08. The largest absolute Gasteiger partial charge is 0.508 e. The first-order valence-electron chi connectivity index (χ1n) is 6.37. The fourth-order valence-electron chi connectivity index (χ4n) is 2.26. The summed E-state index contributed by atoms with van der Waals surface area (Å²) in [5.74, 6) is 0.733. The maximum Gasteiger partial charge on any atom is 0.115 e. The van der Waals surface area contributed by atoms with E-state index >= 15 is 0 Å². The van der Waals surface area contributed by atoms with Crippen molar-refractivity contribution in [2.45, 2.75) is 12.3 Å². The fourth-order valence-corrected chi connectivity index (χ4v) is 2.52. The van der Waals surface area contributed by atoms with Crippen molar-refractivity contribution in [1.29, 1.82) is 0 Å². The van der Waals surface area contributed by atoms with Crippen molar-refractivity contribution < 1.29 is 5.11 Å². The van der Waals surface area contributed by atoms with Gasteiger partial charge in [0.15, 0.2) is 0 Å². The monoisotopic (exact) mass is 319 g/mol. The molecule has 2 nitrogen and oxygen atoms in total. The summed E-state index contributed by atoms with van der Waals surface area (Å²) >= 11 is 3.46. The van der Waals surface area contributed by atoms with E-state index < -0.39 is 0 Å². The molecule has 2 N–H and O–H groups in total. The second-order valence-corrected chi connectivity index (χ2v) is 5.60. The first-order valence-corrected chi connectivity index (χ1v) is 7.16. The highest BCUT2D eigenvalue weighted by Gasteiger charge is 2.12. The van der Waals surface area contributed by atoms with Crippen molar-refractivity contribution >= 4 is 15.9 Å². The molecule has 0 heterocycles. The summed E-state index contributed by atoms with van der Waals surface area (Å²) < 4.78 is 1.09. The molecule has 0 spiro atoms. The average molecular weight is 320 g/mol. The number of hydrogen-bond donors (Lipinski definition) is 2. The predicted octanol–water partition coefficient (Wildman–Crippen LogP) is 3.70. The zero-order valence-corrected chi connectivity index (χ0v) is 12.5. The van der Waals surface area contributed by atoms with Gasteiger partial charge in [-0.05, 0) is 48.9 Å². The quantitative estimate of drug-likeness (QED) is 0.880. The molecular formula is C16H18BrNO. The highest BCUT2D eigenvalue weighted by atomic mass is 79.9. The summed E-state index contributed by atoms with van der Waals surface area (Å²) in [5.41, 5.74) is 2.46. The summed E-state index contributed by atoms with van der Waals surface area (Å²) in [7, 11) is 1.97. The number of halogens is 1. The van der Waals surface area contributed by atoms with Gasteiger partial charge in [-0.1, -0.05) is 40.2 Å². The molecule has 0 fully saturated rings. The Morgan fingerprint density at radius 3 is 2.53 bits per heavy atom. The summed E-state index contributed by atoms with van der Waals surface area (Å²) in [6.07, 6.45) is 0.914. The molecule has 19 heavy (non-hydrogen) atoms. The molecule has 100 valence electrons. The van der Waals surface area contributed by atoms with Gasteiger partial charge >= 0.3 is 0 Å². The molecular weight excluding hydrogens is 302 g/mol. The topological polar surface area (TPSA) is 32.3 Å². The van der Waals surface area contributed by atoms with E-state index in [1.54, 1.807) is 6.07 Å². The lowest BCUT2D eigenvalue weighted by Crippen LogP contribution is -2.19. The van der Waals surface area contributed by atoms with Crippen LogP contribution in [0.15, 0.2) is 53.0 Å². The van der Waals surface area contributed by atoms with Gasteiger partial charge in [0.25, 0.3) is 0 Å². The van der Waals surface area contributed by atoms with Crippen LogP contribution in [0, 0.1) is 0 Å². The second kappa shape index (κ2) is 6.73. The Bertz CT molecular complexity index is 525. The van der Waals surface area contributed by atoms with Crippen LogP contribution in [0.1, 0.15) is 17.0 Å². The van der Waals surface area contributed by atoms with Crippen LogP contribution in [0.4, 0.5) is 0 Å². The molecule has 2 aromatic rings. The molecule has 0 bridgehead atoms.